The average molecular weight is 469 g/mol. The summed E-state index contributed by atoms with van der Waals surface area (Å²) >= 11 is 0. The van der Waals surface area contributed by atoms with Gasteiger partial charge in [0, 0.05) is 0 Å². The summed E-state index contributed by atoms with van der Waals surface area (Å²) in [6.45, 7) is 0. The number of hydrogen-bond acceptors (Lipinski definition) is 1. The second kappa shape index (κ2) is 17.4. The molecular formula is C26H35NOZr+2. The van der Waals surface area contributed by atoms with Crippen molar-refractivity contribution >= 4 is 5.69 Å². The number of rotatable bonds is 5. The maximum absolute atomic E-state index is 5.22. The summed E-state index contributed by atoms with van der Waals surface area (Å²) in [6.07, 6.45) is 20.7. The molecule has 2 aliphatic rings. The SMILES string of the molecule is C1CCCC1.C1CCCC1.COc1ccccc1[N-]/C=C\[CH-]c1ccccc1.[Zr+4]. The van der Waals surface area contributed by atoms with E-state index in [9.17, 15) is 0 Å². The fourth-order valence-electron chi connectivity index (χ4n) is 3.35. The standard InChI is InChI=1S/C16H15NO.2C5H10.Zr/c1-18-16-12-6-5-11-15(16)17-13-7-10-14-8-3-2-4-9-14;2*1-2-4-5-3-1;/h2-13H,1H3;2*1-5H2;/q-2;;;+4/b13-7-;;;. The van der Waals surface area contributed by atoms with Crippen LogP contribution in [0.25, 0.3) is 5.32 Å². The smallest absolute Gasteiger partial charge is 0.704 e. The summed E-state index contributed by atoms with van der Waals surface area (Å²) in [7, 11) is 1.65. The molecule has 0 radical (unpaired) electrons. The van der Waals surface area contributed by atoms with E-state index < -0.39 is 0 Å². The van der Waals surface area contributed by atoms with Crippen molar-refractivity contribution in [1.82, 2.24) is 0 Å². The number of benzene rings is 2. The molecule has 0 heterocycles. The first kappa shape index (κ1) is 25.6. The van der Waals surface area contributed by atoms with Gasteiger partial charge in [-0.2, -0.15) is 6.08 Å². The number of nitrogens with zero attached hydrogens (tertiary/aromatic N) is 1. The van der Waals surface area contributed by atoms with Gasteiger partial charge >= 0.3 is 26.2 Å². The van der Waals surface area contributed by atoms with Gasteiger partial charge in [-0.15, -0.1) is 41.9 Å². The first-order valence-electron chi connectivity index (χ1n) is 10.8. The number of allylic oxidation sites excluding steroid dienone is 1. The van der Waals surface area contributed by atoms with Gasteiger partial charge in [0.2, 0.25) is 0 Å². The Morgan fingerprint density at radius 1 is 0.724 bits per heavy atom. The van der Waals surface area contributed by atoms with Crippen molar-refractivity contribution in [3.8, 4) is 5.75 Å². The molecule has 0 spiro atoms. The summed E-state index contributed by atoms with van der Waals surface area (Å²) in [5.41, 5.74) is 1.99. The third-order valence-electron chi connectivity index (χ3n) is 4.97. The van der Waals surface area contributed by atoms with Crippen LogP contribution in [0.4, 0.5) is 5.69 Å². The van der Waals surface area contributed by atoms with Gasteiger partial charge < -0.3 is 10.1 Å². The molecule has 0 aliphatic heterocycles. The van der Waals surface area contributed by atoms with Crippen molar-refractivity contribution < 1.29 is 30.9 Å². The van der Waals surface area contributed by atoms with Crippen LogP contribution in [-0.4, -0.2) is 7.11 Å². The topological polar surface area (TPSA) is 23.3 Å². The summed E-state index contributed by atoms with van der Waals surface area (Å²) in [5, 5.41) is 4.36. The van der Waals surface area contributed by atoms with E-state index in [0.29, 0.717) is 0 Å². The molecule has 3 heteroatoms. The minimum atomic E-state index is 0. The zero-order chi connectivity index (χ0) is 19.7. The summed E-state index contributed by atoms with van der Waals surface area (Å²) in [5.74, 6) is 0.780. The van der Waals surface area contributed by atoms with Gasteiger partial charge in [0.05, 0.1) is 7.11 Å². The van der Waals surface area contributed by atoms with Gasteiger partial charge in [-0.25, -0.2) is 0 Å². The van der Waals surface area contributed by atoms with Crippen molar-refractivity contribution in [3.05, 3.63) is 84.2 Å². The minimum Gasteiger partial charge on any atom is -0.704 e. The number of hydrogen-bond donors (Lipinski definition) is 0. The van der Waals surface area contributed by atoms with Crippen LogP contribution >= 0.6 is 0 Å². The number of methoxy groups -OCH3 is 1. The predicted molar refractivity (Wildman–Crippen MR) is 121 cm³/mol. The average Bonchev–Trinajstić information content (AvgIpc) is 3.51. The van der Waals surface area contributed by atoms with Crippen LogP contribution < -0.4 is 4.74 Å². The second-order valence-electron chi connectivity index (χ2n) is 7.26. The maximum atomic E-state index is 5.22. The molecule has 2 fully saturated rings. The molecular weight excluding hydrogens is 434 g/mol. The molecule has 2 aromatic rings. The van der Waals surface area contributed by atoms with Crippen molar-refractivity contribution in [2.75, 3.05) is 7.11 Å². The fourth-order valence-corrected chi connectivity index (χ4v) is 3.35. The first-order valence-corrected chi connectivity index (χ1v) is 10.8. The van der Waals surface area contributed by atoms with Crippen LogP contribution in [0.1, 0.15) is 69.8 Å². The molecule has 2 aromatic carbocycles. The molecule has 0 N–H and O–H groups in total. The van der Waals surface area contributed by atoms with Crippen LogP contribution in [0.15, 0.2) is 66.9 Å². The van der Waals surface area contributed by atoms with Gasteiger partial charge in [-0.1, -0.05) is 88.5 Å². The van der Waals surface area contributed by atoms with Gasteiger partial charge in [0.25, 0.3) is 0 Å². The molecule has 0 aromatic heterocycles. The van der Waals surface area contributed by atoms with Gasteiger partial charge in [0.15, 0.2) is 0 Å². The van der Waals surface area contributed by atoms with Crippen LogP contribution in [0.3, 0.4) is 0 Å². The van der Waals surface area contributed by atoms with E-state index in [2.05, 4.69) is 5.32 Å². The van der Waals surface area contributed by atoms with E-state index >= 15 is 0 Å². The number of ether oxygens (including phenoxy) is 1. The van der Waals surface area contributed by atoms with E-state index in [1.165, 1.54) is 64.2 Å². The molecule has 0 bridgehead atoms. The quantitative estimate of drug-likeness (QED) is 0.404. The molecule has 2 nitrogen and oxygen atoms in total. The normalized spacial score (nSPS) is 14.7. The van der Waals surface area contributed by atoms with Gasteiger partial charge in [-0.3, -0.25) is 6.20 Å². The van der Waals surface area contributed by atoms with Crippen LogP contribution in [0.2, 0.25) is 0 Å². The molecule has 4 rings (SSSR count). The molecule has 29 heavy (non-hydrogen) atoms. The minimum absolute atomic E-state index is 0. The zero-order valence-electron chi connectivity index (χ0n) is 17.9. The molecule has 0 atom stereocenters. The Labute approximate surface area is 197 Å². The van der Waals surface area contributed by atoms with Gasteiger partial charge in [-0.05, 0) is 6.07 Å². The fraction of sp³-hybridized carbons (Fsp3) is 0.423. The third-order valence-corrected chi connectivity index (χ3v) is 4.97. The third kappa shape index (κ3) is 12.0. The Balaban J connectivity index is 0.000000311. The Hall–Kier alpha value is -1.47. The second-order valence-corrected chi connectivity index (χ2v) is 7.26. The summed E-state index contributed by atoms with van der Waals surface area (Å²) in [4.78, 5) is 0. The monoisotopic (exact) mass is 467 g/mol. The van der Waals surface area contributed by atoms with Crippen LogP contribution in [-0.2, 0) is 26.2 Å². The Morgan fingerprint density at radius 2 is 1.21 bits per heavy atom. The summed E-state index contributed by atoms with van der Waals surface area (Å²) in [6, 6.07) is 17.8. The van der Waals surface area contributed by atoms with Crippen molar-refractivity contribution in [1.29, 1.82) is 0 Å². The van der Waals surface area contributed by atoms with Crippen molar-refractivity contribution in [2.24, 2.45) is 0 Å². The van der Waals surface area contributed by atoms with Crippen LogP contribution in [0.5, 0.6) is 5.75 Å². The maximum Gasteiger partial charge on any atom is 4.00 e. The molecule has 0 saturated heterocycles. The van der Waals surface area contributed by atoms with Crippen LogP contribution in [0, 0.1) is 6.42 Å². The van der Waals surface area contributed by atoms with E-state index in [1.807, 2.05) is 67.1 Å². The Morgan fingerprint density at radius 3 is 1.72 bits per heavy atom. The van der Waals surface area contributed by atoms with E-state index in [4.69, 9.17) is 4.74 Å². The first-order chi connectivity index (χ1) is 13.9. The van der Waals surface area contributed by atoms with E-state index in [1.54, 1.807) is 13.3 Å². The van der Waals surface area contributed by atoms with E-state index in [0.717, 1.165) is 17.0 Å². The van der Waals surface area contributed by atoms with Gasteiger partial charge in [0.1, 0.15) is 5.75 Å². The predicted octanol–water partition coefficient (Wildman–Crippen LogP) is 8.37. The van der Waals surface area contributed by atoms with Crippen molar-refractivity contribution in [2.45, 2.75) is 64.2 Å². The Bertz CT molecular complexity index is 624. The molecule has 0 amide bonds. The molecule has 152 valence electrons. The number of para-hydroxylation sites is 2. The Kier molecular flexibility index (Phi) is 15.3. The van der Waals surface area contributed by atoms with Crippen molar-refractivity contribution in [3.63, 3.8) is 0 Å². The summed E-state index contributed by atoms with van der Waals surface area (Å²) < 4.78 is 5.22. The van der Waals surface area contributed by atoms with E-state index in [-0.39, 0.29) is 26.2 Å². The molecule has 0 unspecified atom stereocenters. The molecule has 2 aliphatic carbocycles. The zero-order valence-corrected chi connectivity index (χ0v) is 20.3. The molecule has 2 saturated carbocycles. The largest absolute Gasteiger partial charge is 4.00 e.